The molecule has 16 heavy (non-hydrogen) atoms. The zero-order valence-electron chi connectivity index (χ0n) is 10.1. The van der Waals surface area contributed by atoms with E-state index in [4.69, 9.17) is 5.73 Å². The van der Waals surface area contributed by atoms with Gasteiger partial charge in [0.25, 0.3) is 0 Å². The molecule has 0 saturated carbocycles. The van der Waals surface area contributed by atoms with Crippen molar-refractivity contribution in [2.75, 3.05) is 37.5 Å². The van der Waals surface area contributed by atoms with Crippen LogP contribution in [0.15, 0.2) is 24.3 Å². The van der Waals surface area contributed by atoms with Crippen molar-refractivity contribution < 1.29 is 4.79 Å². The van der Waals surface area contributed by atoms with Gasteiger partial charge in [-0.05, 0) is 24.3 Å². The van der Waals surface area contributed by atoms with Gasteiger partial charge in [-0.15, -0.1) is 0 Å². The van der Waals surface area contributed by atoms with E-state index < -0.39 is 0 Å². The third kappa shape index (κ3) is 2.97. The van der Waals surface area contributed by atoms with Crippen molar-refractivity contribution in [3.8, 4) is 0 Å². The van der Waals surface area contributed by atoms with Gasteiger partial charge in [0.05, 0.1) is 0 Å². The van der Waals surface area contributed by atoms with Gasteiger partial charge in [-0.25, -0.2) is 0 Å². The molecule has 0 saturated heterocycles. The number of anilines is 2. The Bertz CT molecular complexity index is 346. The molecule has 0 atom stereocenters. The molecule has 0 radical (unpaired) electrons. The summed E-state index contributed by atoms with van der Waals surface area (Å²) in [5.41, 5.74) is 7.36. The smallest absolute Gasteiger partial charge is 0.227 e. The molecule has 0 spiro atoms. The normalized spacial score (nSPS) is 10.0. The summed E-state index contributed by atoms with van der Waals surface area (Å²) in [5.74, 6) is 0.0418. The van der Waals surface area contributed by atoms with Crippen molar-refractivity contribution in [3.63, 3.8) is 0 Å². The highest BCUT2D eigenvalue weighted by Crippen LogP contribution is 2.18. The van der Waals surface area contributed by atoms with Crippen molar-refractivity contribution in [3.05, 3.63) is 24.3 Å². The lowest BCUT2D eigenvalue weighted by Crippen LogP contribution is -2.28. The van der Waals surface area contributed by atoms with E-state index in [9.17, 15) is 4.79 Å². The van der Waals surface area contributed by atoms with Crippen LogP contribution in [0.2, 0.25) is 0 Å². The van der Waals surface area contributed by atoms with Gasteiger partial charge in [0, 0.05) is 45.5 Å². The van der Waals surface area contributed by atoms with Gasteiger partial charge >= 0.3 is 0 Å². The summed E-state index contributed by atoms with van der Waals surface area (Å²) in [6, 6.07) is 7.84. The lowest BCUT2D eigenvalue weighted by atomic mass is 10.2. The van der Waals surface area contributed by atoms with Crippen LogP contribution < -0.4 is 15.5 Å². The molecule has 1 amide bonds. The third-order valence-corrected chi connectivity index (χ3v) is 2.49. The Balaban J connectivity index is 2.77. The highest BCUT2D eigenvalue weighted by Gasteiger charge is 2.09. The molecule has 0 aromatic heterocycles. The number of nitrogens with zero attached hydrogens (tertiary/aromatic N) is 2. The van der Waals surface area contributed by atoms with E-state index >= 15 is 0 Å². The SMILES string of the molecule is CN(C)c1ccc(N(C)C(=O)CCN)cc1. The van der Waals surface area contributed by atoms with Crippen molar-refractivity contribution >= 4 is 17.3 Å². The van der Waals surface area contributed by atoms with E-state index in [1.165, 1.54) is 0 Å². The first-order valence-corrected chi connectivity index (χ1v) is 5.30. The molecule has 88 valence electrons. The predicted octanol–water partition coefficient (Wildman–Crippen LogP) is 1.06. The van der Waals surface area contributed by atoms with E-state index in [2.05, 4.69) is 0 Å². The second-order valence-electron chi connectivity index (χ2n) is 3.90. The van der Waals surface area contributed by atoms with Crippen LogP contribution in [0.1, 0.15) is 6.42 Å². The fourth-order valence-electron chi connectivity index (χ4n) is 1.41. The zero-order chi connectivity index (χ0) is 12.1. The molecule has 1 rings (SSSR count). The Labute approximate surface area is 96.6 Å². The molecular weight excluding hydrogens is 202 g/mol. The second-order valence-corrected chi connectivity index (χ2v) is 3.90. The number of hydrogen-bond acceptors (Lipinski definition) is 3. The second kappa shape index (κ2) is 5.51. The molecule has 4 heteroatoms. The van der Waals surface area contributed by atoms with Crippen molar-refractivity contribution in [2.45, 2.75) is 6.42 Å². The Morgan fingerprint density at radius 3 is 2.06 bits per heavy atom. The van der Waals surface area contributed by atoms with Crippen molar-refractivity contribution in [2.24, 2.45) is 5.73 Å². The summed E-state index contributed by atoms with van der Waals surface area (Å²) < 4.78 is 0. The lowest BCUT2D eigenvalue weighted by molar-refractivity contribution is -0.118. The molecule has 4 nitrogen and oxygen atoms in total. The summed E-state index contributed by atoms with van der Waals surface area (Å²) in [7, 11) is 5.74. The molecule has 0 aliphatic carbocycles. The Morgan fingerprint density at radius 1 is 1.12 bits per heavy atom. The quantitative estimate of drug-likeness (QED) is 0.827. The summed E-state index contributed by atoms with van der Waals surface area (Å²) in [4.78, 5) is 15.2. The van der Waals surface area contributed by atoms with Gasteiger partial charge in [-0.3, -0.25) is 4.79 Å². The number of hydrogen-bond donors (Lipinski definition) is 1. The number of carbonyl (C=O) groups excluding carboxylic acids is 1. The molecule has 0 aliphatic rings. The molecule has 0 heterocycles. The molecule has 2 N–H and O–H groups in total. The van der Waals surface area contributed by atoms with E-state index in [1.54, 1.807) is 11.9 Å². The Kier molecular flexibility index (Phi) is 4.31. The van der Waals surface area contributed by atoms with Gasteiger partial charge in [-0.1, -0.05) is 0 Å². The highest BCUT2D eigenvalue weighted by molar-refractivity contribution is 5.93. The van der Waals surface area contributed by atoms with Crippen LogP contribution >= 0.6 is 0 Å². The highest BCUT2D eigenvalue weighted by atomic mass is 16.2. The van der Waals surface area contributed by atoms with Crippen LogP contribution in [0.25, 0.3) is 0 Å². The van der Waals surface area contributed by atoms with Gasteiger partial charge in [0.15, 0.2) is 0 Å². The van der Waals surface area contributed by atoms with Gasteiger partial charge < -0.3 is 15.5 Å². The van der Waals surface area contributed by atoms with Crippen molar-refractivity contribution in [1.82, 2.24) is 0 Å². The molecule has 0 aliphatic heterocycles. The van der Waals surface area contributed by atoms with E-state index in [0.717, 1.165) is 11.4 Å². The van der Waals surface area contributed by atoms with Crippen LogP contribution in [0, 0.1) is 0 Å². The largest absolute Gasteiger partial charge is 0.378 e. The van der Waals surface area contributed by atoms with Crippen LogP contribution in [0.4, 0.5) is 11.4 Å². The monoisotopic (exact) mass is 221 g/mol. The minimum Gasteiger partial charge on any atom is -0.378 e. The first kappa shape index (κ1) is 12.5. The van der Waals surface area contributed by atoms with E-state index in [0.29, 0.717) is 13.0 Å². The van der Waals surface area contributed by atoms with Crippen LogP contribution in [-0.2, 0) is 4.79 Å². The zero-order valence-corrected chi connectivity index (χ0v) is 10.1. The minimum absolute atomic E-state index is 0.0418. The van der Waals surface area contributed by atoms with E-state index in [-0.39, 0.29) is 5.91 Å². The van der Waals surface area contributed by atoms with E-state index in [1.807, 2.05) is 43.3 Å². The molecular formula is C12H19N3O. The summed E-state index contributed by atoms with van der Waals surface area (Å²) >= 11 is 0. The summed E-state index contributed by atoms with van der Waals surface area (Å²) in [5, 5.41) is 0. The number of rotatable bonds is 4. The Morgan fingerprint density at radius 2 is 1.62 bits per heavy atom. The van der Waals surface area contributed by atoms with Gasteiger partial charge in [0.2, 0.25) is 5.91 Å². The van der Waals surface area contributed by atoms with Crippen LogP contribution in [-0.4, -0.2) is 33.6 Å². The van der Waals surface area contributed by atoms with Crippen molar-refractivity contribution in [1.29, 1.82) is 0 Å². The first-order valence-electron chi connectivity index (χ1n) is 5.30. The fourth-order valence-corrected chi connectivity index (χ4v) is 1.41. The number of carbonyl (C=O) groups is 1. The minimum atomic E-state index is 0.0418. The number of nitrogens with two attached hydrogens (primary N) is 1. The van der Waals surface area contributed by atoms with Gasteiger partial charge in [0.1, 0.15) is 0 Å². The number of benzene rings is 1. The summed E-state index contributed by atoms with van der Waals surface area (Å²) in [6.07, 6.45) is 0.381. The molecule has 1 aromatic rings. The van der Waals surface area contributed by atoms with Crippen LogP contribution in [0.3, 0.4) is 0 Å². The topological polar surface area (TPSA) is 49.6 Å². The predicted molar refractivity (Wildman–Crippen MR) is 67.9 cm³/mol. The fraction of sp³-hybridized carbons (Fsp3) is 0.417. The third-order valence-electron chi connectivity index (χ3n) is 2.49. The average molecular weight is 221 g/mol. The van der Waals surface area contributed by atoms with Crippen LogP contribution in [0.5, 0.6) is 0 Å². The maximum absolute atomic E-state index is 11.6. The standard InChI is InChI=1S/C12H19N3O/c1-14(2)10-4-6-11(7-5-10)15(3)12(16)8-9-13/h4-7H,8-9,13H2,1-3H3. The summed E-state index contributed by atoms with van der Waals surface area (Å²) in [6.45, 7) is 0.388. The van der Waals surface area contributed by atoms with Gasteiger partial charge in [-0.2, -0.15) is 0 Å². The lowest BCUT2D eigenvalue weighted by Gasteiger charge is -2.19. The maximum Gasteiger partial charge on any atom is 0.227 e. The molecule has 0 bridgehead atoms. The first-order chi connectivity index (χ1) is 7.56. The molecule has 0 unspecified atom stereocenters. The number of amides is 1. The molecule has 1 aromatic carbocycles. The average Bonchev–Trinajstić information content (AvgIpc) is 2.28. The Hall–Kier alpha value is -1.55. The maximum atomic E-state index is 11.6. The molecule has 0 fully saturated rings.